The SMILES string of the molecule is O=C(NCc1ccccc1O)c1cccnc1SCCCc1ccc(F)cc1. The topological polar surface area (TPSA) is 62.2 Å². The molecular weight excluding hydrogens is 375 g/mol. The number of hydrogen-bond donors (Lipinski definition) is 2. The van der Waals surface area contributed by atoms with Gasteiger partial charge in [-0.05, 0) is 54.5 Å². The van der Waals surface area contributed by atoms with Crippen molar-refractivity contribution >= 4 is 17.7 Å². The third kappa shape index (κ3) is 5.57. The molecule has 1 heterocycles. The van der Waals surface area contributed by atoms with Gasteiger partial charge in [0.1, 0.15) is 16.6 Å². The van der Waals surface area contributed by atoms with Gasteiger partial charge in [-0.1, -0.05) is 30.3 Å². The van der Waals surface area contributed by atoms with Gasteiger partial charge in [0.15, 0.2) is 0 Å². The first-order chi connectivity index (χ1) is 13.6. The van der Waals surface area contributed by atoms with Crippen LogP contribution in [0.3, 0.4) is 0 Å². The van der Waals surface area contributed by atoms with E-state index in [9.17, 15) is 14.3 Å². The monoisotopic (exact) mass is 396 g/mol. The van der Waals surface area contributed by atoms with Gasteiger partial charge in [0.25, 0.3) is 5.91 Å². The van der Waals surface area contributed by atoms with Crippen molar-refractivity contribution in [3.8, 4) is 5.75 Å². The molecule has 0 saturated heterocycles. The predicted molar refractivity (Wildman–Crippen MR) is 109 cm³/mol. The van der Waals surface area contributed by atoms with Gasteiger partial charge in [-0.3, -0.25) is 4.79 Å². The lowest BCUT2D eigenvalue weighted by Crippen LogP contribution is -2.23. The van der Waals surface area contributed by atoms with Crippen molar-refractivity contribution in [3.05, 3.63) is 89.4 Å². The van der Waals surface area contributed by atoms with Gasteiger partial charge in [-0.2, -0.15) is 0 Å². The molecule has 0 radical (unpaired) electrons. The third-order valence-electron chi connectivity index (χ3n) is 4.21. The Morgan fingerprint density at radius 2 is 1.86 bits per heavy atom. The molecule has 0 bridgehead atoms. The summed E-state index contributed by atoms with van der Waals surface area (Å²) in [6, 6.07) is 16.9. The van der Waals surface area contributed by atoms with Gasteiger partial charge in [0.05, 0.1) is 5.56 Å². The molecule has 2 aromatic carbocycles. The van der Waals surface area contributed by atoms with Crippen molar-refractivity contribution in [2.24, 2.45) is 0 Å². The number of aryl methyl sites for hydroxylation is 1. The molecule has 28 heavy (non-hydrogen) atoms. The highest BCUT2D eigenvalue weighted by atomic mass is 32.2. The predicted octanol–water partition coefficient (Wildman–Crippen LogP) is 4.58. The fourth-order valence-corrected chi connectivity index (χ4v) is 3.64. The molecule has 4 nitrogen and oxygen atoms in total. The van der Waals surface area contributed by atoms with Crippen LogP contribution in [0.15, 0.2) is 71.9 Å². The number of rotatable bonds is 8. The van der Waals surface area contributed by atoms with Crippen LogP contribution in [-0.4, -0.2) is 21.8 Å². The molecule has 3 aromatic rings. The van der Waals surface area contributed by atoms with Crippen LogP contribution in [0.25, 0.3) is 0 Å². The lowest BCUT2D eigenvalue weighted by Gasteiger charge is -2.10. The second-order valence-electron chi connectivity index (χ2n) is 6.25. The molecule has 0 fully saturated rings. The summed E-state index contributed by atoms with van der Waals surface area (Å²) in [6.07, 6.45) is 3.41. The van der Waals surface area contributed by atoms with E-state index in [-0.39, 0.29) is 24.0 Å². The number of amides is 1. The largest absolute Gasteiger partial charge is 0.508 e. The van der Waals surface area contributed by atoms with Gasteiger partial charge < -0.3 is 10.4 Å². The summed E-state index contributed by atoms with van der Waals surface area (Å²) in [5.74, 6) is 0.501. The average molecular weight is 396 g/mol. The van der Waals surface area contributed by atoms with E-state index < -0.39 is 0 Å². The number of carbonyl (C=O) groups is 1. The number of pyridine rings is 1. The minimum atomic E-state index is -0.230. The average Bonchev–Trinajstić information content (AvgIpc) is 2.72. The third-order valence-corrected chi connectivity index (χ3v) is 5.30. The number of hydrogen-bond acceptors (Lipinski definition) is 4. The van der Waals surface area contributed by atoms with Crippen molar-refractivity contribution in [2.45, 2.75) is 24.4 Å². The highest BCUT2D eigenvalue weighted by molar-refractivity contribution is 7.99. The Hall–Kier alpha value is -2.86. The molecule has 2 N–H and O–H groups in total. The summed E-state index contributed by atoms with van der Waals surface area (Å²) in [5.41, 5.74) is 2.27. The van der Waals surface area contributed by atoms with Crippen LogP contribution in [0.1, 0.15) is 27.9 Å². The minimum Gasteiger partial charge on any atom is -0.508 e. The first-order valence-electron chi connectivity index (χ1n) is 9.01. The van der Waals surface area contributed by atoms with Crippen LogP contribution in [0, 0.1) is 5.82 Å². The van der Waals surface area contributed by atoms with Crippen molar-refractivity contribution in [1.82, 2.24) is 10.3 Å². The van der Waals surface area contributed by atoms with E-state index >= 15 is 0 Å². The standard InChI is InChI=1S/C22H21FN2O2S/c23-18-11-9-16(10-12-18)5-4-14-28-22-19(7-3-13-24-22)21(27)25-15-17-6-1-2-8-20(17)26/h1-3,6-13,26H,4-5,14-15H2,(H,25,27). The maximum Gasteiger partial charge on any atom is 0.254 e. The normalized spacial score (nSPS) is 10.6. The number of halogens is 1. The van der Waals surface area contributed by atoms with E-state index in [1.807, 2.05) is 6.07 Å². The quantitative estimate of drug-likeness (QED) is 0.432. The fourth-order valence-electron chi connectivity index (χ4n) is 2.71. The molecule has 0 unspecified atom stereocenters. The van der Waals surface area contributed by atoms with Crippen molar-refractivity contribution in [1.29, 1.82) is 0 Å². The Labute approximate surface area is 167 Å². The van der Waals surface area contributed by atoms with Crippen molar-refractivity contribution in [2.75, 3.05) is 5.75 Å². The van der Waals surface area contributed by atoms with Crippen LogP contribution in [-0.2, 0) is 13.0 Å². The first-order valence-corrected chi connectivity index (χ1v) is 9.99. The van der Waals surface area contributed by atoms with Crippen LogP contribution in [0.4, 0.5) is 4.39 Å². The van der Waals surface area contributed by atoms with Gasteiger partial charge in [0.2, 0.25) is 0 Å². The van der Waals surface area contributed by atoms with E-state index in [0.717, 1.165) is 24.2 Å². The van der Waals surface area contributed by atoms with Crippen LogP contribution in [0.2, 0.25) is 0 Å². The Bertz CT molecular complexity index is 932. The number of benzene rings is 2. The lowest BCUT2D eigenvalue weighted by atomic mass is 10.1. The van der Waals surface area contributed by atoms with Crippen molar-refractivity contribution < 1.29 is 14.3 Å². The maximum atomic E-state index is 12.9. The number of aromatic nitrogens is 1. The molecule has 0 saturated carbocycles. The molecule has 0 aliphatic heterocycles. The van der Waals surface area contributed by atoms with Gasteiger partial charge >= 0.3 is 0 Å². The summed E-state index contributed by atoms with van der Waals surface area (Å²) < 4.78 is 12.9. The number of thioether (sulfide) groups is 1. The summed E-state index contributed by atoms with van der Waals surface area (Å²) >= 11 is 1.53. The molecule has 0 atom stereocenters. The molecule has 1 amide bonds. The first kappa shape index (κ1) is 19.9. The molecule has 3 rings (SSSR count). The van der Waals surface area contributed by atoms with Crippen LogP contribution < -0.4 is 5.32 Å². The molecule has 0 spiro atoms. The Balaban J connectivity index is 1.54. The Kier molecular flexibility index (Phi) is 7.03. The highest BCUT2D eigenvalue weighted by Gasteiger charge is 2.13. The molecule has 1 aromatic heterocycles. The highest BCUT2D eigenvalue weighted by Crippen LogP contribution is 2.22. The Morgan fingerprint density at radius 1 is 1.07 bits per heavy atom. The smallest absolute Gasteiger partial charge is 0.254 e. The maximum absolute atomic E-state index is 12.9. The van der Waals surface area contributed by atoms with Gasteiger partial charge in [-0.25, -0.2) is 9.37 Å². The summed E-state index contributed by atoms with van der Waals surface area (Å²) in [7, 11) is 0. The van der Waals surface area contributed by atoms with E-state index in [0.29, 0.717) is 16.2 Å². The zero-order valence-corrected chi connectivity index (χ0v) is 16.1. The van der Waals surface area contributed by atoms with E-state index in [1.165, 1.54) is 23.9 Å². The number of para-hydroxylation sites is 1. The van der Waals surface area contributed by atoms with Gasteiger partial charge in [-0.15, -0.1) is 11.8 Å². The molecule has 144 valence electrons. The molecule has 0 aliphatic carbocycles. The van der Waals surface area contributed by atoms with E-state index in [2.05, 4.69) is 10.3 Å². The number of phenolic OH excluding ortho intramolecular Hbond substituents is 1. The van der Waals surface area contributed by atoms with Crippen molar-refractivity contribution in [3.63, 3.8) is 0 Å². The summed E-state index contributed by atoms with van der Waals surface area (Å²) in [4.78, 5) is 16.9. The number of nitrogens with one attached hydrogen (secondary N) is 1. The fraction of sp³-hybridized carbons (Fsp3) is 0.182. The molecule has 6 heteroatoms. The summed E-state index contributed by atoms with van der Waals surface area (Å²) in [5, 5.41) is 13.3. The molecule has 0 aliphatic rings. The summed E-state index contributed by atoms with van der Waals surface area (Å²) in [6.45, 7) is 0.245. The number of nitrogens with zero attached hydrogens (tertiary/aromatic N) is 1. The van der Waals surface area contributed by atoms with Crippen LogP contribution in [0.5, 0.6) is 5.75 Å². The molecular formula is C22H21FN2O2S. The lowest BCUT2D eigenvalue weighted by molar-refractivity contribution is 0.0947. The number of carbonyl (C=O) groups excluding carboxylic acids is 1. The van der Waals surface area contributed by atoms with E-state index in [1.54, 1.807) is 48.7 Å². The second kappa shape index (κ2) is 9.90. The second-order valence-corrected chi connectivity index (χ2v) is 7.33. The van der Waals surface area contributed by atoms with Crippen LogP contribution >= 0.6 is 11.8 Å². The zero-order valence-electron chi connectivity index (χ0n) is 15.3. The minimum absolute atomic E-state index is 0.157. The number of phenols is 1. The number of aromatic hydroxyl groups is 1. The Morgan fingerprint density at radius 3 is 2.64 bits per heavy atom. The van der Waals surface area contributed by atoms with E-state index in [4.69, 9.17) is 0 Å². The van der Waals surface area contributed by atoms with Gasteiger partial charge in [0, 0.05) is 18.3 Å². The zero-order chi connectivity index (χ0) is 19.8.